The summed E-state index contributed by atoms with van der Waals surface area (Å²) in [5.41, 5.74) is 8.95. The van der Waals surface area contributed by atoms with E-state index in [-0.39, 0.29) is 0 Å². The molecule has 0 bridgehead atoms. The third-order valence-electron chi connectivity index (χ3n) is 4.53. The van der Waals surface area contributed by atoms with Crippen LogP contribution < -0.4 is 10.6 Å². The maximum atomic E-state index is 5.79. The van der Waals surface area contributed by atoms with Crippen LogP contribution in [0.5, 0.6) is 0 Å². The maximum Gasteiger partial charge on any atom is 0.163 e. The van der Waals surface area contributed by atoms with Gasteiger partial charge in [0.25, 0.3) is 0 Å². The molecule has 1 aliphatic heterocycles. The van der Waals surface area contributed by atoms with Gasteiger partial charge in [0.15, 0.2) is 5.82 Å². The second kappa shape index (κ2) is 6.40. The predicted molar refractivity (Wildman–Crippen MR) is 88.7 cm³/mol. The Morgan fingerprint density at radius 2 is 2.00 bits per heavy atom. The number of hydrogen-bond donors (Lipinski definition) is 1. The summed E-state index contributed by atoms with van der Waals surface area (Å²) in [5.74, 6) is 2.46. The quantitative estimate of drug-likeness (QED) is 0.941. The smallest absolute Gasteiger partial charge is 0.163 e. The molecule has 0 atom stereocenters. The van der Waals surface area contributed by atoms with Gasteiger partial charge in [-0.2, -0.15) is 0 Å². The standard InChI is InChI=1S/C17H23N5/c1-12-13(2)20-16(15-4-3-7-19-11-15)21-17(12)22-8-5-14(10-18)6-9-22/h3-4,7,11,14H,5-6,8-10,18H2,1-2H3. The van der Waals surface area contributed by atoms with E-state index >= 15 is 0 Å². The SMILES string of the molecule is Cc1nc(-c2cccnc2)nc(N2CCC(CN)CC2)c1C. The van der Waals surface area contributed by atoms with Gasteiger partial charge in [-0.1, -0.05) is 0 Å². The van der Waals surface area contributed by atoms with Crippen molar-refractivity contribution in [3.8, 4) is 11.4 Å². The van der Waals surface area contributed by atoms with Crippen molar-refractivity contribution in [2.45, 2.75) is 26.7 Å². The molecular formula is C17H23N5. The summed E-state index contributed by atoms with van der Waals surface area (Å²) in [4.78, 5) is 16.0. The number of piperidine rings is 1. The largest absolute Gasteiger partial charge is 0.356 e. The fraction of sp³-hybridized carbons (Fsp3) is 0.471. The molecule has 0 aliphatic carbocycles. The van der Waals surface area contributed by atoms with Crippen molar-refractivity contribution in [1.82, 2.24) is 15.0 Å². The number of anilines is 1. The molecule has 0 unspecified atom stereocenters. The molecule has 1 fully saturated rings. The van der Waals surface area contributed by atoms with Crippen LogP contribution in [0.4, 0.5) is 5.82 Å². The first kappa shape index (κ1) is 14.9. The normalized spacial score (nSPS) is 16.0. The Hall–Kier alpha value is -2.01. The number of pyridine rings is 1. The van der Waals surface area contributed by atoms with Crippen LogP contribution in [-0.2, 0) is 0 Å². The van der Waals surface area contributed by atoms with Crippen LogP contribution in [0.3, 0.4) is 0 Å². The van der Waals surface area contributed by atoms with Crippen molar-refractivity contribution in [2.24, 2.45) is 11.7 Å². The van der Waals surface area contributed by atoms with E-state index in [1.165, 1.54) is 5.56 Å². The molecule has 116 valence electrons. The molecule has 22 heavy (non-hydrogen) atoms. The number of rotatable bonds is 3. The van der Waals surface area contributed by atoms with E-state index in [4.69, 9.17) is 10.7 Å². The minimum absolute atomic E-state index is 0.650. The lowest BCUT2D eigenvalue weighted by Crippen LogP contribution is -2.37. The van der Waals surface area contributed by atoms with Gasteiger partial charge in [0.05, 0.1) is 0 Å². The van der Waals surface area contributed by atoms with Crippen LogP contribution >= 0.6 is 0 Å². The van der Waals surface area contributed by atoms with Crippen molar-refractivity contribution >= 4 is 5.82 Å². The molecule has 3 heterocycles. The molecule has 5 heteroatoms. The Balaban J connectivity index is 1.93. The Kier molecular flexibility index (Phi) is 4.34. The van der Waals surface area contributed by atoms with Gasteiger partial charge in [0.2, 0.25) is 0 Å². The topological polar surface area (TPSA) is 67.9 Å². The molecule has 2 aromatic rings. The van der Waals surface area contributed by atoms with E-state index in [0.29, 0.717) is 5.92 Å². The molecule has 5 nitrogen and oxygen atoms in total. The lowest BCUT2D eigenvalue weighted by molar-refractivity contribution is 0.412. The first-order valence-corrected chi connectivity index (χ1v) is 7.89. The highest BCUT2D eigenvalue weighted by Gasteiger charge is 2.22. The molecule has 0 amide bonds. The first-order valence-electron chi connectivity index (χ1n) is 7.89. The van der Waals surface area contributed by atoms with Gasteiger partial charge >= 0.3 is 0 Å². The van der Waals surface area contributed by atoms with Gasteiger partial charge in [-0.15, -0.1) is 0 Å². The van der Waals surface area contributed by atoms with Gasteiger partial charge < -0.3 is 10.6 Å². The van der Waals surface area contributed by atoms with E-state index in [9.17, 15) is 0 Å². The van der Waals surface area contributed by atoms with E-state index < -0.39 is 0 Å². The summed E-state index contributed by atoms with van der Waals surface area (Å²) in [6, 6.07) is 3.92. The fourth-order valence-electron chi connectivity index (χ4n) is 2.93. The zero-order valence-electron chi connectivity index (χ0n) is 13.3. The van der Waals surface area contributed by atoms with Gasteiger partial charge in [-0.3, -0.25) is 4.98 Å². The van der Waals surface area contributed by atoms with Crippen LogP contribution in [0.2, 0.25) is 0 Å². The Bertz CT molecular complexity index is 633. The van der Waals surface area contributed by atoms with Crippen LogP contribution in [-0.4, -0.2) is 34.6 Å². The lowest BCUT2D eigenvalue weighted by atomic mass is 9.97. The van der Waals surface area contributed by atoms with Gasteiger partial charge in [-0.25, -0.2) is 9.97 Å². The van der Waals surface area contributed by atoms with Crippen molar-refractivity contribution in [3.63, 3.8) is 0 Å². The molecule has 1 saturated heterocycles. The van der Waals surface area contributed by atoms with E-state index in [0.717, 1.165) is 55.4 Å². The highest BCUT2D eigenvalue weighted by molar-refractivity contribution is 5.59. The van der Waals surface area contributed by atoms with Crippen molar-refractivity contribution in [2.75, 3.05) is 24.5 Å². The molecular weight excluding hydrogens is 274 g/mol. The highest BCUT2D eigenvalue weighted by Crippen LogP contribution is 2.27. The summed E-state index contributed by atoms with van der Waals surface area (Å²) in [6.07, 6.45) is 5.86. The van der Waals surface area contributed by atoms with E-state index in [1.807, 2.05) is 25.3 Å². The Morgan fingerprint density at radius 3 is 2.64 bits per heavy atom. The first-order chi connectivity index (χ1) is 10.7. The third kappa shape index (κ3) is 2.95. The monoisotopic (exact) mass is 297 g/mol. The molecule has 0 saturated carbocycles. The molecule has 2 N–H and O–H groups in total. The highest BCUT2D eigenvalue weighted by atomic mass is 15.2. The van der Waals surface area contributed by atoms with Crippen LogP contribution in [0.1, 0.15) is 24.1 Å². The fourth-order valence-corrected chi connectivity index (χ4v) is 2.93. The summed E-state index contributed by atoms with van der Waals surface area (Å²) in [6.45, 7) is 6.98. The second-order valence-electron chi connectivity index (χ2n) is 5.99. The van der Waals surface area contributed by atoms with E-state index in [2.05, 4.69) is 21.8 Å². The average Bonchev–Trinajstić information content (AvgIpc) is 2.58. The van der Waals surface area contributed by atoms with Gasteiger partial charge in [0, 0.05) is 42.3 Å². The zero-order chi connectivity index (χ0) is 15.5. The Labute approximate surface area is 131 Å². The molecule has 3 rings (SSSR count). The maximum absolute atomic E-state index is 5.79. The zero-order valence-corrected chi connectivity index (χ0v) is 13.3. The number of aromatic nitrogens is 3. The van der Waals surface area contributed by atoms with E-state index in [1.54, 1.807) is 6.20 Å². The molecule has 0 spiro atoms. The molecule has 2 aromatic heterocycles. The minimum atomic E-state index is 0.650. The second-order valence-corrected chi connectivity index (χ2v) is 5.99. The molecule has 1 aliphatic rings. The van der Waals surface area contributed by atoms with Crippen molar-refractivity contribution < 1.29 is 0 Å². The average molecular weight is 297 g/mol. The number of nitrogens with zero attached hydrogens (tertiary/aromatic N) is 4. The Morgan fingerprint density at radius 1 is 1.23 bits per heavy atom. The summed E-state index contributed by atoms with van der Waals surface area (Å²) in [7, 11) is 0. The minimum Gasteiger partial charge on any atom is -0.356 e. The molecule has 0 aromatic carbocycles. The van der Waals surface area contributed by atoms with Gasteiger partial charge in [0.1, 0.15) is 5.82 Å². The number of aryl methyl sites for hydroxylation is 1. The van der Waals surface area contributed by atoms with Crippen LogP contribution in [0.25, 0.3) is 11.4 Å². The number of hydrogen-bond acceptors (Lipinski definition) is 5. The van der Waals surface area contributed by atoms with Crippen molar-refractivity contribution in [1.29, 1.82) is 0 Å². The summed E-state index contributed by atoms with van der Waals surface area (Å²) in [5, 5.41) is 0. The lowest BCUT2D eigenvalue weighted by Gasteiger charge is -2.33. The predicted octanol–water partition coefficient (Wildman–Crippen LogP) is 2.33. The van der Waals surface area contributed by atoms with Gasteiger partial charge in [-0.05, 0) is 51.3 Å². The molecule has 0 radical (unpaired) electrons. The summed E-state index contributed by atoms with van der Waals surface area (Å²) < 4.78 is 0. The number of nitrogens with two attached hydrogens (primary N) is 1. The summed E-state index contributed by atoms with van der Waals surface area (Å²) >= 11 is 0. The van der Waals surface area contributed by atoms with Crippen LogP contribution in [0.15, 0.2) is 24.5 Å². The van der Waals surface area contributed by atoms with Crippen molar-refractivity contribution in [3.05, 3.63) is 35.8 Å². The van der Waals surface area contributed by atoms with Crippen LogP contribution in [0, 0.1) is 19.8 Å². The third-order valence-corrected chi connectivity index (χ3v) is 4.53.